The molecule has 0 aliphatic rings. The van der Waals surface area contributed by atoms with Crippen molar-refractivity contribution >= 4 is 0 Å². The molecule has 0 aromatic rings. The minimum Gasteiger partial charge on any atom is -0.381 e. The molecule has 0 N–H and O–H groups in total. The summed E-state index contributed by atoms with van der Waals surface area (Å²) in [6.45, 7) is 14.6. The topological polar surface area (TPSA) is 27.7 Å². The lowest BCUT2D eigenvalue weighted by atomic mass is 10.1. The van der Waals surface area contributed by atoms with E-state index in [1.165, 1.54) is 25.7 Å². The van der Waals surface area contributed by atoms with E-state index in [0.29, 0.717) is 25.4 Å². The molecule has 0 radical (unpaired) electrons. The van der Waals surface area contributed by atoms with Crippen LogP contribution in [0.2, 0.25) is 0 Å². The third-order valence-electron chi connectivity index (χ3n) is 3.83. The quantitative estimate of drug-likeness (QED) is 0.252. The Hall–Kier alpha value is -0.640. The lowest BCUT2D eigenvalue weighted by molar-refractivity contribution is 0.00856. The highest BCUT2D eigenvalue weighted by Crippen LogP contribution is 2.11. The van der Waals surface area contributed by atoms with Crippen LogP contribution in [0.15, 0.2) is 25.3 Å². The summed E-state index contributed by atoms with van der Waals surface area (Å²) in [7, 11) is 0. The number of hydrogen-bond acceptors (Lipinski definition) is 3. The maximum Gasteiger partial charge on any atom is 0.0648 e. The molecule has 0 aliphatic carbocycles. The molecule has 2 unspecified atom stereocenters. The molecule has 3 heteroatoms. The predicted octanol–water partition coefficient (Wildman–Crippen LogP) is 5.31. The van der Waals surface area contributed by atoms with E-state index in [0.717, 1.165) is 38.9 Å². The summed E-state index contributed by atoms with van der Waals surface area (Å²) >= 11 is 0. The Morgan fingerprint density at radius 1 is 0.739 bits per heavy atom. The van der Waals surface area contributed by atoms with Crippen LogP contribution in [0.25, 0.3) is 0 Å². The van der Waals surface area contributed by atoms with Gasteiger partial charge in [0, 0.05) is 13.2 Å². The summed E-state index contributed by atoms with van der Waals surface area (Å²) in [5, 5.41) is 0. The first-order valence-electron chi connectivity index (χ1n) is 9.31. The summed E-state index contributed by atoms with van der Waals surface area (Å²) in [4.78, 5) is 0. The van der Waals surface area contributed by atoms with E-state index in [-0.39, 0.29) is 0 Å². The van der Waals surface area contributed by atoms with Crippen molar-refractivity contribution in [3.05, 3.63) is 25.3 Å². The molecule has 0 fully saturated rings. The third kappa shape index (κ3) is 14.7. The van der Waals surface area contributed by atoms with Gasteiger partial charge in [-0.25, -0.2) is 0 Å². The molecule has 0 spiro atoms. The van der Waals surface area contributed by atoms with E-state index in [1.54, 1.807) is 0 Å². The molecule has 23 heavy (non-hydrogen) atoms. The lowest BCUT2D eigenvalue weighted by Crippen LogP contribution is -2.19. The van der Waals surface area contributed by atoms with E-state index >= 15 is 0 Å². The van der Waals surface area contributed by atoms with Gasteiger partial charge in [-0.1, -0.05) is 51.7 Å². The van der Waals surface area contributed by atoms with Gasteiger partial charge in [0.15, 0.2) is 0 Å². The van der Waals surface area contributed by atoms with Crippen molar-refractivity contribution < 1.29 is 14.2 Å². The molecule has 0 amide bonds. The van der Waals surface area contributed by atoms with Crippen LogP contribution in [-0.2, 0) is 14.2 Å². The Bertz CT molecular complexity index is 240. The van der Waals surface area contributed by atoms with Gasteiger partial charge in [-0.2, -0.15) is 0 Å². The smallest absolute Gasteiger partial charge is 0.0648 e. The van der Waals surface area contributed by atoms with E-state index in [4.69, 9.17) is 14.2 Å². The lowest BCUT2D eigenvalue weighted by Gasteiger charge is -2.19. The van der Waals surface area contributed by atoms with E-state index < -0.39 is 0 Å². The summed E-state index contributed by atoms with van der Waals surface area (Å²) in [6.07, 6.45) is 13.2. The maximum absolute atomic E-state index is 5.80. The van der Waals surface area contributed by atoms with Crippen LogP contribution >= 0.6 is 0 Å². The zero-order valence-electron chi connectivity index (χ0n) is 15.4. The summed E-state index contributed by atoms with van der Waals surface area (Å²) in [5.41, 5.74) is 0. The SMILES string of the molecule is C=CCOC(CCCC)CCOCCC(CCCC)OCC=C. The minimum absolute atomic E-state index is 0.292. The Kier molecular flexibility index (Phi) is 17.2. The monoisotopic (exact) mass is 326 g/mol. The molecule has 0 aromatic carbocycles. The molecule has 3 nitrogen and oxygen atoms in total. The molecule has 0 bridgehead atoms. The van der Waals surface area contributed by atoms with Crippen LogP contribution in [0, 0.1) is 0 Å². The van der Waals surface area contributed by atoms with Crippen LogP contribution in [-0.4, -0.2) is 38.6 Å². The van der Waals surface area contributed by atoms with Gasteiger partial charge in [-0.05, 0) is 25.7 Å². The fourth-order valence-electron chi connectivity index (χ4n) is 2.43. The second-order valence-electron chi connectivity index (χ2n) is 5.96. The largest absolute Gasteiger partial charge is 0.381 e. The van der Waals surface area contributed by atoms with Gasteiger partial charge in [0.05, 0.1) is 25.4 Å². The third-order valence-corrected chi connectivity index (χ3v) is 3.83. The van der Waals surface area contributed by atoms with Gasteiger partial charge >= 0.3 is 0 Å². The van der Waals surface area contributed by atoms with Crippen molar-refractivity contribution in [2.45, 2.75) is 77.4 Å². The zero-order valence-corrected chi connectivity index (χ0v) is 15.4. The average Bonchev–Trinajstić information content (AvgIpc) is 2.57. The fourth-order valence-corrected chi connectivity index (χ4v) is 2.43. The van der Waals surface area contributed by atoms with Crippen LogP contribution in [0.1, 0.15) is 65.2 Å². The average molecular weight is 327 g/mol. The molecule has 2 atom stereocenters. The number of rotatable bonds is 18. The van der Waals surface area contributed by atoms with Gasteiger partial charge < -0.3 is 14.2 Å². The van der Waals surface area contributed by atoms with Gasteiger partial charge in [0.1, 0.15) is 0 Å². The second-order valence-corrected chi connectivity index (χ2v) is 5.96. The standard InChI is InChI=1S/C20H38O3/c1-5-9-11-19(22-15-7-3)13-17-21-18-14-20(12-10-6-2)23-16-8-4/h7-8,19-20H,3-6,9-18H2,1-2H3. The number of unbranched alkanes of at least 4 members (excludes halogenated alkanes) is 2. The zero-order chi connectivity index (χ0) is 17.2. The molecule has 0 saturated heterocycles. The first-order chi connectivity index (χ1) is 11.3. The molecular formula is C20H38O3. The van der Waals surface area contributed by atoms with Crippen LogP contribution in [0.4, 0.5) is 0 Å². The van der Waals surface area contributed by atoms with Crippen molar-refractivity contribution in [3.8, 4) is 0 Å². The van der Waals surface area contributed by atoms with Crippen molar-refractivity contribution in [2.75, 3.05) is 26.4 Å². The van der Waals surface area contributed by atoms with E-state index in [1.807, 2.05) is 12.2 Å². The van der Waals surface area contributed by atoms with Crippen molar-refractivity contribution in [1.29, 1.82) is 0 Å². The van der Waals surface area contributed by atoms with Crippen molar-refractivity contribution in [2.24, 2.45) is 0 Å². The fraction of sp³-hybridized carbons (Fsp3) is 0.800. The molecule has 0 aromatic heterocycles. The Morgan fingerprint density at radius 3 is 1.52 bits per heavy atom. The first kappa shape index (κ1) is 22.4. The summed E-state index contributed by atoms with van der Waals surface area (Å²) < 4.78 is 17.4. The second kappa shape index (κ2) is 17.7. The van der Waals surface area contributed by atoms with E-state index in [9.17, 15) is 0 Å². The van der Waals surface area contributed by atoms with Gasteiger partial charge in [0.2, 0.25) is 0 Å². The maximum atomic E-state index is 5.80. The van der Waals surface area contributed by atoms with Crippen molar-refractivity contribution in [1.82, 2.24) is 0 Å². The highest BCUT2D eigenvalue weighted by molar-refractivity contribution is 4.68. The normalized spacial score (nSPS) is 13.7. The molecule has 0 rings (SSSR count). The summed E-state index contributed by atoms with van der Waals surface area (Å²) in [6, 6.07) is 0. The van der Waals surface area contributed by atoms with Crippen LogP contribution < -0.4 is 0 Å². The molecule has 0 heterocycles. The highest BCUT2D eigenvalue weighted by atomic mass is 16.5. The molecule has 0 aliphatic heterocycles. The van der Waals surface area contributed by atoms with Crippen molar-refractivity contribution in [3.63, 3.8) is 0 Å². The number of ether oxygens (including phenoxy) is 3. The molecular weight excluding hydrogens is 288 g/mol. The summed E-state index contributed by atoms with van der Waals surface area (Å²) in [5.74, 6) is 0. The van der Waals surface area contributed by atoms with Gasteiger partial charge in [-0.3, -0.25) is 0 Å². The molecule has 136 valence electrons. The van der Waals surface area contributed by atoms with Crippen LogP contribution in [0.3, 0.4) is 0 Å². The number of hydrogen-bond donors (Lipinski definition) is 0. The first-order valence-corrected chi connectivity index (χ1v) is 9.31. The van der Waals surface area contributed by atoms with Gasteiger partial charge in [0.25, 0.3) is 0 Å². The predicted molar refractivity (Wildman–Crippen MR) is 99.0 cm³/mol. The Balaban J connectivity index is 3.84. The Morgan fingerprint density at radius 2 is 1.17 bits per heavy atom. The minimum atomic E-state index is 0.292. The highest BCUT2D eigenvalue weighted by Gasteiger charge is 2.10. The van der Waals surface area contributed by atoms with Gasteiger partial charge in [-0.15, -0.1) is 13.2 Å². The van der Waals surface area contributed by atoms with E-state index in [2.05, 4.69) is 27.0 Å². The Labute approximate surface area is 144 Å². The molecule has 0 saturated carbocycles. The van der Waals surface area contributed by atoms with Crippen LogP contribution in [0.5, 0.6) is 0 Å².